The van der Waals surface area contributed by atoms with Crippen molar-refractivity contribution in [3.05, 3.63) is 35.4 Å². The molecule has 2 nitrogen and oxygen atoms in total. The number of nitrogens with zero attached hydrogens (tertiary/aromatic N) is 1. The highest BCUT2D eigenvalue weighted by atomic mass is 15.1. The lowest BCUT2D eigenvalue weighted by molar-refractivity contribution is 0.343. The van der Waals surface area contributed by atoms with Crippen molar-refractivity contribution in [3.8, 4) is 0 Å². The number of hydrogen-bond donors (Lipinski definition) is 1. The average Bonchev–Trinajstić information content (AvgIpc) is 2.80. The molecule has 0 aromatic heterocycles. The molecule has 1 aliphatic heterocycles. The Kier molecular flexibility index (Phi) is 4.57. The van der Waals surface area contributed by atoms with E-state index in [1.165, 1.54) is 50.0 Å². The molecule has 0 bridgehead atoms. The van der Waals surface area contributed by atoms with Crippen molar-refractivity contribution >= 4 is 0 Å². The molecule has 1 aromatic rings. The van der Waals surface area contributed by atoms with Crippen LogP contribution in [-0.2, 0) is 12.8 Å². The first kappa shape index (κ1) is 12.6. The lowest BCUT2D eigenvalue weighted by Gasteiger charge is -2.14. The van der Waals surface area contributed by atoms with Gasteiger partial charge in [0.25, 0.3) is 0 Å². The minimum absolute atomic E-state index is 0.255. The van der Waals surface area contributed by atoms with E-state index in [1.807, 2.05) is 0 Å². The fraction of sp³-hybridized carbons (Fsp3) is 0.600. The second kappa shape index (κ2) is 6.18. The normalized spacial score (nSPS) is 18.5. The van der Waals surface area contributed by atoms with Crippen LogP contribution in [0.15, 0.2) is 24.3 Å². The fourth-order valence-corrected chi connectivity index (χ4v) is 2.51. The summed E-state index contributed by atoms with van der Waals surface area (Å²) >= 11 is 0. The predicted octanol–water partition coefficient (Wildman–Crippen LogP) is 2.21. The molecular formula is C15H24N2. The van der Waals surface area contributed by atoms with Crippen molar-refractivity contribution in [2.45, 2.75) is 38.6 Å². The summed E-state index contributed by atoms with van der Waals surface area (Å²) in [6, 6.07) is 9.22. The summed E-state index contributed by atoms with van der Waals surface area (Å²) in [6.45, 7) is 5.86. The molecular weight excluding hydrogens is 208 g/mol. The van der Waals surface area contributed by atoms with Gasteiger partial charge in [0.05, 0.1) is 0 Å². The predicted molar refractivity (Wildman–Crippen MR) is 73.2 cm³/mol. The molecule has 1 aromatic carbocycles. The number of nitrogens with two attached hydrogens (primary N) is 1. The zero-order valence-corrected chi connectivity index (χ0v) is 10.9. The van der Waals surface area contributed by atoms with Crippen molar-refractivity contribution in [3.63, 3.8) is 0 Å². The number of benzene rings is 1. The van der Waals surface area contributed by atoms with Crippen LogP contribution in [0.3, 0.4) is 0 Å². The summed E-state index contributed by atoms with van der Waals surface area (Å²) in [5.74, 6) is 0. The second-order valence-corrected chi connectivity index (χ2v) is 5.30. The third kappa shape index (κ3) is 4.14. The van der Waals surface area contributed by atoms with E-state index in [2.05, 4.69) is 36.1 Å². The Morgan fingerprint density at radius 1 is 1.12 bits per heavy atom. The van der Waals surface area contributed by atoms with Gasteiger partial charge in [-0.25, -0.2) is 0 Å². The Morgan fingerprint density at radius 3 is 2.29 bits per heavy atom. The van der Waals surface area contributed by atoms with E-state index in [1.54, 1.807) is 0 Å². The van der Waals surface area contributed by atoms with Crippen LogP contribution < -0.4 is 5.73 Å². The van der Waals surface area contributed by atoms with Crippen molar-refractivity contribution in [1.82, 2.24) is 4.90 Å². The maximum Gasteiger partial charge on any atom is 0.00509 e. The molecule has 0 saturated carbocycles. The molecule has 0 spiro atoms. The summed E-state index contributed by atoms with van der Waals surface area (Å²) in [5.41, 5.74) is 8.60. The molecule has 0 aliphatic carbocycles. The summed E-state index contributed by atoms with van der Waals surface area (Å²) in [7, 11) is 0. The molecule has 94 valence electrons. The van der Waals surface area contributed by atoms with Gasteiger partial charge in [0.1, 0.15) is 0 Å². The maximum absolute atomic E-state index is 5.80. The average molecular weight is 232 g/mol. The quantitative estimate of drug-likeness (QED) is 0.843. The van der Waals surface area contributed by atoms with E-state index >= 15 is 0 Å². The molecule has 1 atom stereocenters. The Bertz CT molecular complexity index is 323. The SMILES string of the molecule is CC(N)Cc1ccc(CCN2CCCC2)cc1. The number of rotatable bonds is 5. The van der Waals surface area contributed by atoms with E-state index in [0.29, 0.717) is 0 Å². The van der Waals surface area contributed by atoms with Crippen molar-refractivity contribution in [2.24, 2.45) is 5.73 Å². The van der Waals surface area contributed by atoms with Gasteiger partial charge < -0.3 is 10.6 Å². The molecule has 1 aliphatic rings. The zero-order valence-electron chi connectivity index (χ0n) is 10.9. The molecule has 1 fully saturated rings. The number of likely N-dealkylation sites (tertiary alicyclic amines) is 1. The molecule has 2 heteroatoms. The van der Waals surface area contributed by atoms with Crippen LogP contribution in [0.1, 0.15) is 30.9 Å². The van der Waals surface area contributed by atoms with Gasteiger partial charge in [-0.15, -0.1) is 0 Å². The van der Waals surface area contributed by atoms with Crippen LogP contribution in [-0.4, -0.2) is 30.6 Å². The first-order valence-corrected chi connectivity index (χ1v) is 6.80. The fourth-order valence-electron chi connectivity index (χ4n) is 2.51. The molecule has 2 rings (SSSR count). The van der Waals surface area contributed by atoms with E-state index in [4.69, 9.17) is 5.73 Å². The van der Waals surface area contributed by atoms with Gasteiger partial charge in [-0.1, -0.05) is 24.3 Å². The Hall–Kier alpha value is -0.860. The Labute approximate surface area is 105 Å². The molecule has 1 heterocycles. The first-order chi connectivity index (χ1) is 8.24. The van der Waals surface area contributed by atoms with Gasteiger partial charge in [0.2, 0.25) is 0 Å². The van der Waals surface area contributed by atoms with Gasteiger partial charge in [-0.2, -0.15) is 0 Å². The van der Waals surface area contributed by atoms with E-state index in [9.17, 15) is 0 Å². The van der Waals surface area contributed by atoms with E-state index in [0.717, 1.165) is 6.42 Å². The first-order valence-electron chi connectivity index (χ1n) is 6.80. The van der Waals surface area contributed by atoms with Crippen LogP contribution in [0.25, 0.3) is 0 Å². The van der Waals surface area contributed by atoms with Crippen LogP contribution in [0, 0.1) is 0 Å². The maximum atomic E-state index is 5.80. The van der Waals surface area contributed by atoms with Crippen LogP contribution in [0.4, 0.5) is 0 Å². The van der Waals surface area contributed by atoms with Crippen LogP contribution in [0.5, 0.6) is 0 Å². The van der Waals surface area contributed by atoms with E-state index in [-0.39, 0.29) is 6.04 Å². The zero-order chi connectivity index (χ0) is 12.1. The molecule has 1 unspecified atom stereocenters. The van der Waals surface area contributed by atoms with Crippen LogP contribution in [0.2, 0.25) is 0 Å². The summed E-state index contributed by atoms with van der Waals surface area (Å²) in [6.07, 6.45) is 4.92. The minimum atomic E-state index is 0.255. The van der Waals surface area contributed by atoms with Crippen molar-refractivity contribution in [2.75, 3.05) is 19.6 Å². The smallest absolute Gasteiger partial charge is 0.00509 e. The van der Waals surface area contributed by atoms with Gasteiger partial charge in [0.15, 0.2) is 0 Å². The van der Waals surface area contributed by atoms with Crippen molar-refractivity contribution < 1.29 is 0 Å². The lowest BCUT2D eigenvalue weighted by atomic mass is 10.0. The van der Waals surface area contributed by atoms with Gasteiger partial charge in [0, 0.05) is 12.6 Å². The van der Waals surface area contributed by atoms with Gasteiger partial charge in [-0.05, 0) is 56.8 Å². The third-order valence-corrected chi connectivity index (χ3v) is 3.50. The summed E-state index contributed by atoms with van der Waals surface area (Å²) < 4.78 is 0. The third-order valence-electron chi connectivity index (χ3n) is 3.50. The Morgan fingerprint density at radius 2 is 1.71 bits per heavy atom. The molecule has 17 heavy (non-hydrogen) atoms. The standard InChI is InChI=1S/C15H24N2/c1-13(16)12-15-6-4-14(5-7-15)8-11-17-9-2-3-10-17/h4-7,13H,2-3,8-12,16H2,1H3. The highest BCUT2D eigenvalue weighted by Gasteiger charge is 2.10. The molecule has 0 amide bonds. The van der Waals surface area contributed by atoms with E-state index < -0.39 is 0 Å². The summed E-state index contributed by atoms with van der Waals surface area (Å²) in [4.78, 5) is 2.57. The highest BCUT2D eigenvalue weighted by Crippen LogP contribution is 2.11. The second-order valence-electron chi connectivity index (χ2n) is 5.30. The van der Waals surface area contributed by atoms with Crippen LogP contribution >= 0.6 is 0 Å². The largest absolute Gasteiger partial charge is 0.328 e. The monoisotopic (exact) mass is 232 g/mol. The Balaban J connectivity index is 1.80. The van der Waals surface area contributed by atoms with Gasteiger partial charge >= 0.3 is 0 Å². The minimum Gasteiger partial charge on any atom is -0.328 e. The highest BCUT2D eigenvalue weighted by molar-refractivity contribution is 5.23. The molecule has 1 saturated heterocycles. The topological polar surface area (TPSA) is 29.3 Å². The molecule has 0 radical (unpaired) electrons. The van der Waals surface area contributed by atoms with Gasteiger partial charge in [-0.3, -0.25) is 0 Å². The van der Waals surface area contributed by atoms with Crippen molar-refractivity contribution in [1.29, 1.82) is 0 Å². The lowest BCUT2D eigenvalue weighted by Crippen LogP contribution is -2.22. The molecule has 2 N–H and O–H groups in total. The summed E-state index contributed by atoms with van der Waals surface area (Å²) in [5, 5.41) is 0. The number of hydrogen-bond acceptors (Lipinski definition) is 2.